The molecule has 1 unspecified atom stereocenters. The van der Waals surface area contributed by atoms with Gasteiger partial charge in [0.1, 0.15) is 31.5 Å². The quantitative estimate of drug-likeness (QED) is 0.582. The van der Waals surface area contributed by atoms with E-state index in [0.717, 1.165) is 11.1 Å². The third-order valence-corrected chi connectivity index (χ3v) is 4.11. The molecule has 0 aliphatic carbocycles. The number of benzene rings is 1. The molecule has 0 aliphatic heterocycles. The van der Waals surface area contributed by atoms with Crippen molar-refractivity contribution in [3.63, 3.8) is 0 Å². The first-order chi connectivity index (χ1) is 14.5. The van der Waals surface area contributed by atoms with Gasteiger partial charge in [-0.05, 0) is 47.7 Å². The Morgan fingerprint density at radius 1 is 1.07 bits per heavy atom. The molecule has 0 spiro atoms. The summed E-state index contributed by atoms with van der Waals surface area (Å²) in [6.07, 6.45) is 3.17. The zero-order chi connectivity index (χ0) is 21.8. The summed E-state index contributed by atoms with van der Waals surface area (Å²) in [5.74, 6) is 0.479. The normalized spacial score (nSPS) is 11.3. The minimum absolute atomic E-state index is 0.0602. The molecule has 0 saturated carbocycles. The molecule has 8 nitrogen and oxygen atoms in total. The first-order valence-electron chi connectivity index (χ1n) is 9.66. The van der Waals surface area contributed by atoms with Crippen LogP contribution in [0.25, 0.3) is 0 Å². The van der Waals surface area contributed by atoms with E-state index in [2.05, 4.69) is 15.6 Å². The van der Waals surface area contributed by atoms with Gasteiger partial charge < -0.3 is 20.1 Å². The van der Waals surface area contributed by atoms with E-state index in [0.29, 0.717) is 18.8 Å². The lowest BCUT2D eigenvalue weighted by Gasteiger charge is -2.19. The number of hydrogen-bond donors (Lipinski definition) is 2. The average Bonchev–Trinajstić information content (AvgIpc) is 2.75. The number of nitrogens with one attached hydrogen (secondary N) is 2. The Kier molecular flexibility index (Phi) is 9.13. The third-order valence-electron chi connectivity index (χ3n) is 4.11. The Morgan fingerprint density at radius 3 is 2.37 bits per heavy atom. The number of amides is 2. The highest BCUT2D eigenvalue weighted by Crippen LogP contribution is 2.15. The number of ether oxygens (including phenoxy) is 2. The third kappa shape index (κ3) is 8.19. The molecule has 0 bridgehead atoms. The number of nitrogens with zero attached hydrogens (tertiary/aromatic N) is 2. The molecule has 1 heterocycles. The number of hydrogen-bond acceptors (Lipinski definition) is 6. The van der Waals surface area contributed by atoms with Crippen molar-refractivity contribution in [2.24, 2.45) is 5.92 Å². The van der Waals surface area contributed by atoms with Crippen molar-refractivity contribution >= 4 is 12.0 Å². The van der Waals surface area contributed by atoms with Crippen molar-refractivity contribution in [3.05, 3.63) is 59.9 Å². The summed E-state index contributed by atoms with van der Waals surface area (Å²) in [6.45, 7) is 4.27. The molecule has 1 atom stereocenters. The maximum Gasteiger partial charge on any atom is 0.408 e. The number of carbonyl (C=O) groups is 2. The summed E-state index contributed by atoms with van der Waals surface area (Å²) >= 11 is 0. The Balaban J connectivity index is 1.81. The van der Waals surface area contributed by atoms with Crippen molar-refractivity contribution < 1.29 is 19.1 Å². The lowest BCUT2D eigenvalue weighted by molar-refractivity contribution is -0.123. The Labute approximate surface area is 176 Å². The van der Waals surface area contributed by atoms with Crippen LogP contribution in [0.5, 0.6) is 5.75 Å². The molecule has 0 saturated heterocycles. The van der Waals surface area contributed by atoms with E-state index >= 15 is 0 Å². The summed E-state index contributed by atoms with van der Waals surface area (Å²) in [5.41, 5.74) is 1.81. The van der Waals surface area contributed by atoms with E-state index in [1.165, 1.54) is 0 Å². The zero-order valence-corrected chi connectivity index (χ0v) is 17.1. The van der Waals surface area contributed by atoms with Gasteiger partial charge in [0.25, 0.3) is 0 Å². The van der Waals surface area contributed by atoms with Gasteiger partial charge in [-0.15, -0.1) is 0 Å². The van der Waals surface area contributed by atoms with Gasteiger partial charge in [0, 0.05) is 12.4 Å². The second kappa shape index (κ2) is 12.1. The van der Waals surface area contributed by atoms with Crippen molar-refractivity contribution in [2.45, 2.75) is 39.5 Å². The van der Waals surface area contributed by atoms with Crippen LogP contribution in [-0.2, 0) is 22.7 Å². The van der Waals surface area contributed by atoms with E-state index in [4.69, 9.17) is 14.7 Å². The molecule has 1 aromatic heterocycles. The second-order valence-electron chi connectivity index (χ2n) is 7.07. The average molecular weight is 410 g/mol. The molecule has 8 heteroatoms. The van der Waals surface area contributed by atoms with Gasteiger partial charge in [-0.1, -0.05) is 26.0 Å². The molecule has 2 rings (SSSR count). The van der Waals surface area contributed by atoms with Gasteiger partial charge in [-0.3, -0.25) is 9.78 Å². The Bertz CT molecular complexity index is 848. The van der Waals surface area contributed by atoms with Crippen molar-refractivity contribution in [2.75, 3.05) is 6.54 Å². The maximum atomic E-state index is 12.1. The highest BCUT2D eigenvalue weighted by atomic mass is 16.5. The molecule has 0 aliphatic rings. The van der Waals surface area contributed by atoms with Gasteiger partial charge in [0.2, 0.25) is 5.91 Å². The van der Waals surface area contributed by atoms with E-state index in [1.54, 1.807) is 36.7 Å². The molecule has 2 N–H and O–H groups in total. The molecule has 0 fully saturated rings. The Morgan fingerprint density at radius 2 is 1.73 bits per heavy atom. The van der Waals surface area contributed by atoms with Crippen LogP contribution in [0.15, 0.2) is 48.8 Å². The molecule has 30 heavy (non-hydrogen) atoms. The molecule has 1 aromatic carbocycles. The van der Waals surface area contributed by atoms with Crippen LogP contribution >= 0.6 is 0 Å². The fourth-order valence-corrected chi connectivity index (χ4v) is 2.61. The lowest BCUT2D eigenvalue weighted by atomic mass is 10.0. The number of nitriles is 1. The van der Waals surface area contributed by atoms with Gasteiger partial charge in [-0.25, -0.2) is 4.79 Å². The molecule has 2 aromatic rings. The minimum atomic E-state index is -0.755. The van der Waals surface area contributed by atoms with E-state index in [1.807, 2.05) is 32.0 Å². The molecule has 0 radical (unpaired) electrons. The van der Waals surface area contributed by atoms with Gasteiger partial charge >= 0.3 is 6.09 Å². The standard InChI is InChI=1S/C22H26N4O4/c1-16(2)13-20(21(27)25-12-9-23)26-22(28)30-15-17-3-5-19(6-4-17)29-14-18-7-10-24-11-8-18/h3-8,10-11,16,20H,12-15H2,1-2H3,(H,25,27)(H,26,28). The topological polar surface area (TPSA) is 113 Å². The molecule has 158 valence electrons. The molecule has 2 amide bonds. The molecular formula is C22H26N4O4. The highest BCUT2D eigenvalue weighted by Gasteiger charge is 2.22. The largest absolute Gasteiger partial charge is 0.489 e. The number of aromatic nitrogens is 1. The fourth-order valence-electron chi connectivity index (χ4n) is 2.61. The van der Waals surface area contributed by atoms with E-state index < -0.39 is 18.0 Å². The monoisotopic (exact) mass is 410 g/mol. The summed E-state index contributed by atoms with van der Waals surface area (Å²) in [5, 5.41) is 13.6. The van der Waals surface area contributed by atoms with Crippen LogP contribution in [0.4, 0.5) is 4.79 Å². The van der Waals surface area contributed by atoms with Crippen LogP contribution < -0.4 is 15.4 Å². The summed E-state index contributed by atoms with van der Waals surface area (Å²) in [4.78, 5) is 28.2. The Hall–Kier alpha value is -3.60. The zero-order valence-electron chi connectivity index (χ0n) is 17.1. The van der Waals surface area contributed by atoms with Crippen LogP contribution in [0.2, 0.25) is 0 Å². The number of pyridine rings is 1. The predicted octanol–water partition coefficient (Wildman–Crippen LogP) is 2.94. The SMILES string of the molecule is CC(C)CC(NC(=O)OCc1ccc(OCc2ccncc2)cc1)C(=O)NCC#N. The summed E-state index contributed by atoms with van der Waals surface area (Å²) in [6, 6.07) is 12.1. The number of rotatable bonds is 10. The lowest BCUT2D eigenvalue weighted by Crippen LogP contribution is -2.47. The maximum absolute atomic E-state index is 12.1. The van der Waals surface area contributed by atoms with Crippen LogP contribution in [0.3, 0.4) is 0 Å². The van der Waals surface area contributed by atoms with Crippen LogP contribution in [-0.4, -0.2) is 29.6 Å². The molecular weight excluding hydrogens is 384 g/mol. The van der Waals surface area contributed by atoms with Crippen LogP contribution in [0.1, 0.15) is 31.4 Å². The number of carbonyl (C=O) groups excluding carboxylic acids is 2. The summed E-state index contributed by atoms with van der Waals surface area (Å²) < 4.78 is 10.9. The van der Waals surface area contributed by atoms with Crippen molar-refractivity contribution in [1.29, 1.82) is 5.26 Å². The van der Waals surface area contributed by atoms with Crippen LogP contribution in [0, 0.1) is 17.2 Å². The first kappa shape index (κ1) is 22.7. The van der Waals surface area contributed by atoms with Gasteiger partial charge in [0.15, 0.2) is 0 Å². The predicted molar refractivity (Wildman–Crippen MR) is 110 cm³/mol. The van der Waals surface area contributed by atoms with E-state index in [9.17, 15) is 9.59 Å². The van der Waals surface area contributed by atoms with Crippen molar-refractivity contribution in [3.8, 4) is 11.8 Å². The van der Waals surface area contributed by atoms with Gasteiger partial charge in [0.05, 0.1) is 6.07 Å². The first-order valence-corrected chi connectivity index (χ1v) is 9.66. The fraction of sp³-hybridized carbons (Fsp3) is 0.364. The highest BCUT2D eigenvalue weighted by molar-refractivity contribution is 5.85. The minimum Gasteiger partial charge on any atom is -0.489 e. The van der Waals surface area contributed by atoms with E-state index in [-0.39, 0.29) is 19.1 Å². The smallest absolute Gasteiger partial charge is 0.408 e. The van der Waals surface area contributed by atoms with Crippen molar-refractivity contribution in [1.82, 2.24) is 15.6 Å². The van der Waals surface area contributed by atoms with Gasteiger partial charge in [-0.2, -0.15) is 5.26 Å². The second-order valence-corrected chi connectivity index (χ2v) is 7.07. The number of alkyl carbamates (subject to hydrolysis) is 1. The summed E-state index contributed by atoms with van der Waals surface area (Å²) in [7, 11) is 0.